The van der Waals surface area contributed by atoms with Crippen LogP contribution in [0.2, 0.25) is 10.0 Å². The molecule has 0 saturated carbocycles. The van der Waals surface area contributed by atoms with Gasteiger partial charge in [-0.1, -0.05) is 29.3 Å². The fourth-order valence-corrected chi connectivity index (χ4v) is 5.47. The number of sulfone groups is 1. The molecule has 14 heteroatoms. The van der Waals surface area contributed by atoms with Gasteiger partial charge in [-0.3, -0.25) is 4.90 Å². The summed E-state index contributed by atoms with van der Waals surface area (Å²) < 4.78 is 61.5. The normalized spacial score (nSPS) is 15.6. The molecule has 1 aromatic heterocycles. The second-order valence-electron chi connectivity index (χ2n) is 10.2. The highest BCUT2D eigenvalue weighted by atomic mass is 35.5. The van der Waals surface area contributed by atoms with Crippen molar-refractivity contribution in [1.29, 1.82) is 5.26 Å². The Bertz CT molecular complexity index is 1780. The van der Waals surface area contributed by atoms with E-state index in [2.05, 4.69) is 15.1 Å². The Kier molecular flexibility index (Phi) is 10.0. The van der Waals surface area contributed by atoms with Crippen LogP contribution in [0.1, 0.15) is 17.0 Å². The minimum absolute atomic E-state index is 0.0187. The van der Waals surface area contributed by atoms with E-state index in [1.165, 1.54) is 36.6 Å². The topological polar surface area (TPSA) is 128 Å². The lowest BCUT2D eigenvalue weighted by Gasteiger charge is -2.32. The van der Waals surface area contributed by atoms with Crippen molar-refractivity contribution in [3.63, 3.8) is 0 Å². The molecule has 44 heavy (non-hydrogen) atoms. The molecule has 0 bridgehead atoms. The SMILES string of the molecule is CS(=O)(=O)CCN1CCO[C@@H](COc2ccc(-c3nnc(Cc4ccc(Cl)c(Oc5cc(Cl)cc(C#N)c5)c4F)o3)cc2)C1. The summed E-state index contributed by atoms with van der Waals surface area (Å²) in [5, 5.41) is 17.6. The van der Waals surface area contributed by atoms with E-state index in [0.29, 0.717) is 44.2 Å². The molecule has 10 nitrogen and oxygen atoms in total. The van der Waals surface area contributed by atoms with E-state index >= 15 is 4.39 Å². The van der Waals surface area contributed by atoms with Crippen molar-refractivity contribution in [2.45, 2.75) is 12.5 Å². The molecular weight excluding hydrogens is 634 g/mol. The molecule has 2 heterocycles. The van der Waals surface area contributed by atoms with E-state index in [-0.39, 0.29) is 62.7 Å². The van der Waals surface area contributed by atoms with Gasteiger partial charge < -0.3 is 18.6 Å². The molecule has 1 aliphatic rings. The Balaban J connectivity index is 1.19. The predicted octanol–water partition coefficient (Wildman–Crippen LogP) is 5.56. The summed E-state index contributed by atoms with van der Waals surface area (Å²) in [6.07, 6.45) is 1.03. The van der Waals surface area contributed by atoms with Crippen molar-refractivity contribution < 1.29 is 31.4 Å². The molecule has 1 saturated heterocycles. The third-order valence-electron chi connectivity index (χ3n) is 6.70. The first-order valence-corrected chi connectivity index (χ1v) is 16.3. The molecule has 4 aromatic rings. The van der Waals surface area contributed by atoms with E-state index in [0.717, 1.165) is 0 Å². The highest BCUT2D eigenvalue weighted by Crippen LogP contribution is 2.36. The summed E-state index contributed by atoms with van der Waals surface area (Å²) in [6, 6.07) is 16.4. The molecule has 1 aliphatic heterocycles. The average Bonchev–Trinajstić information content (AvgIpc) is 3.47. The van der Waals surface area contributed by atoms with Gasteiger partial charge in [0, 0.05) is 42.0 Å². The van der Waals surface area contributed by atoms with Gasteiger partial charge in [0.2, 0.25) is 11.8 Å². The maximum atomic E-state index is 15.4. The molecule has 0 spiro atoms. The van der Waals surface area contributed by atoms with Crippen molar-refractivity contribution >= 4 is 33.0 Å². The largest absolute Gasteiger partial charge is 0.491 e. The molecule has 0 N–H and O–H groups in total. The van der Waals surface area contributed by atoms with Crippen LogP contribution in [0.4, 0.5) is 4.39 Å². The third-order valence-corrected chi connectivity index (χ3v) is 8.14. The van der Waals surface area contributed by atoms with Gasteiger partial charge in [0.05, 0.1) is 35.4 Å². The van der Waals surface area contributed by atoms with Crippen LogP contribution in [0, 0.1) is 17.1 Å². The zero-order chi connectivity index (χ0) is 31.3. The molecule has 1 fully saturated rings. The molecule has 0 aliphatic carbocycles. The predicted molar refractivity (Wildman–Crippen MR) is 162 cm³/mol. The van der Waals surface area contributed by atoms with Crippen LogP contribution in [0.3, 0.4) is 0 Å². The Hall–Kier alpha value is -3.73. The van der Waals surface area contributed by atoms with Gasteiger partial charge >= 0.3 is 0 Å². The van der Waals surface area contributed by atoms with Crippen molar-refractivity contribution in [2.75, 3.05) is 44.9 Å². The van der Waals surface area contributed by atoms with Crippen LogP contribution in [-0.4, -0.2) is 74.5 Å². The zero-order valence-electron chi connectivity index (χ0n) is 23.5. The van der Waals surface area contributed by atoms with E-state index in [1.807, 2.05) is 6.07 Å². The molecule has 1 atom stereocenters. The van der Waals surface area contributed by atoms with Gasteiger partial charge in [-0.05, 0) is 48.5 Å². The number of halogens is 3. The maximum Gasteiger partial charge on any atom is 0.247 e. The smallest absolute Gasteiger partial charge is 0.247 e. The fourth-order valence-electron chi connectivity index (χ4n) is 4.47. The highest BCUT2D eigenvalue weighted by molar-refractivity contribution is 7.90. The summed E-state index contributed by atoms with van der Waals surface area (Å²) >= 11 is 12.2. The summed E-state index contributed by atoms with van der Waals surface area (Å²) in [7, 11) is -3.03. The number of hydrogen-bond acceptors (Lipinski definition) is 10. The summed E-state index contributed by atoms with van der Waals surface area (Å²) in [4.78, 5) is 2.06. The molecule has 5 rings (SSSR count). The van der Waals surface area contributed by atoms with Crippen molar-refractivity contribution in [2.24, 2.45) is 0 Å². The van der Waals surface area contributed by atoms with Gasteiger partial charge in [0.25, 0.3) is 0 Å². The van der Waals surface area contributed by atoms with Crippen molar-refractivity contribution in [1.82, 2.24) is 15.1 Å². The quantitative estimate of drug-likeness (QED) is 0.202. The van der Waals surface area contributed by atoms with Crippen LogP contribution in [0.25, 0.3) is 11.5 Å². The first kappa shape index (κ1) is 31.7. The number of ether oxygens (including phenoxy) is 3. The number of nitrogens with zero attached hydrogens (tertiary/aromatic N) is 4. The molecular formula is C30H27Cl2FN4O6S. The lowest BCUT2D eigenvalue weighted by molar-refractivity contribution is -0.0461. The van der Waals surface area contributed by atoms with Gasteiger partial charge in [0.15, 0.2) is 11.6 Å². The van der Waals surface area contributed by atoms with Gasteiger partial charge in [-0.2, -0.15) is 5.26 Å². The lowest BCUT2D eigenvalue weighted by atomic mass is 10.1. The number of morpholine rings is 1. The lowest BCUT2D eigenvalue weighted by Crippen LogP contribution is -2.46. The van der Waals surface area contributed by atoms with E-state index in [1.54, 1.807) is 24.3 Å². The number of aromatic nitrogens is 2. The summed E-state index contributed by atoms with van der Waals surface area (Å²) in [6.45, 7) is 2.55. The van der Waals surface area contributed by atoms with Crippen LogP contribution in [0.5, 0.6) is 17.2 Å². The van der Waals surface area contributed by atoms with Crippen LogP contribution < -0.4 is 9.47 Å². The average molecular weight is 662 g/mol. The number of nitriles is 1. The summed E-state index contributed by atoms with van der Waals surface area (Å²) in [5.41, 5.74) is 1.12. The minimum atomic E-state index is -3.03. The van der Waals surface area contributed by atoms with Gasteiger partial charge in [-0.15, -0.1) is 10.2 Å². The highest BCUT2D eigenvalue weighted by Gasteiger charge is 2.22. The second kappa shape index (κ2) is 13.9. The van der Waals surface area contributed by atoms with Crippen LogP contribution in [0.15, 0.2) is 59.0 Å². The standard InChI is InChI=1S/C30H27Cl2FN4O6S/c1-44(38,39)11-9-37-8-10-40-25(17-37)18-41-23-5-2-20(3-6-23)30-36-35-27(43-30)14-21-4-7-26(32)29(28(21)33)42-24-13-19(16-34)12-22(31)15-24/h2-7,12-13,15,25H,8-11,14,17-18H2,1H3/t25-/m1/s1. The van der Waals surface area contributed by atoms with Crippen LogP contribution >= 0.6 is 23.2 Å². The monoisotopic (exact) mass is 660 g/mol. The fraction of sp³-hybridized carbons (Fsp3) is 0.300. The summed E-state index contributed by atoms with van der Waals surface area (Å²) in [5.74, 6) is 0.385. The Morgan fingerprint density at radius 3 is 2.66 bits per heavy atom. The third kappa shape index (κ3) is 8.46. The van der Waals surface area contributed by atoms with Gasteiger partial charge in [-0.25, -0.2) is 12.8 Å². The van der Waals surface area contributed by atoms with Crippen molar-refractivity contribution in [3.05, 3.63) is 87.5 Å². The minimum Gasteiger partial charge on any atom is -0.491 e. The molecule has 230 valence electrons. The zero-order valence-corrected chi connectivity index (χ0v) is 25.8. The molecule has 0 radical (unpaired) electrons. The molecule has 3 aromatic carbocycles. The number of hydrogen-bond donors (Lipinski definition) is 0. The Morgan fingerprint density at radius 1 is 1.11 bits per heavy atom. The maximum absolute atomic E-state index is 15.4. The van der Waals surface area contributed by atoms with E-state index < -0.39 is 15.7 Å². The Morgan fingerprint density at radius 2 is 1.91 bits per heavy atom. The number of rotatable bonds is 11. The Labute approximate surface area is 263 Å². The molecule has 0 amide bonds. The van der Waals surface area contributed by atoms with Gasteiger partial charge in [0.1, 0.15) is 34.0 Å². The van der Waals surface area contributed by atoms with Crippen molar-refractivity contribution in [3.8, 4) is 34.8 Å². The van der Waals surface area contributed by atoms with Crippen LogP contribution in [-0.2, 0) is 21.0 Å². The van der Waals surface area contributed by atoms with E-state index in [4.69, 9.17) is 47.1 Å². The first-order valence-electron chi connectivity index (χ1n) is 13.5. The number of benzene rings is 3. The first-order chi connectivity index (χ1) is 21.1. The molecule has 0 unspecified atom stereocenters. The second-order valence-corrected chi connectivity index (χ2v) is 13.3. The van der Waals surface area contributed by atoms with E-state index in [9.17, 15) is 8.42 Å².